The van der Waals surface area contributed by atoms with Crippen molar-refractivity contribution < 1.29 is 19.1 Å². The Morgan fingerprint density at radius 2 is 1.80 bits per heavy atom. The van der Waals surface area contributed by atoms with E-state index >= 15 is 0 Å². The van der Waals surface area contributed by atoms with Gasteiger partial charge in [-0.05, 0) is 88.1 Å². The van der Waals surface area contributed by atoms with Crippen LogP contribution in [-0.2, 0) is 28.8 Å². The number of hydrogen-bond acceptors (Lipinski definition) is 4. The fraction of sp³-hybridized carbons (Fsp3) is 0.485. The molecule has 1 N–H and O–H groups in total. The Bertz CT molecular complexity index is 1200. The van der Waals surface area contributed by atoms with Gasteiger partial charge in [0.15, 0.2) is 0 Å². The molecule has 0 radical (unpaired) electrons. The van der Waals surface area contributed by atoms with Gasteiger partial charge in [0.1, 0.15) is 5.60 Å². The standard InChI is InChI=1S/C33H43N3O4/c1-5-10-28-22-29(36(31(28)38)18-9-13-24-11-7-6-8-12-24)23-34-30(37)27-15-14-25-16-19-35(20-17-26(25)21-27)32(39)40-33(2,3)4/h5-8,11-12,14-15,21,28-29H,1,9-10,13,16-20,22-23H2,2-4H3,(H,34,37)/t28-,29+/m1/s1. The number of carbonyl (C=O) groups excluding carboxylic acids is 3. The van der Waals surface area contributed by atoms with Gasteiger partial charge in [0.2, 0.25) is 5.91 Å². The van der Waals surface area contributed by atoms with Crippen LogP contribution in [0.5, 0.6) is 0 Å². The van der Waals surface area contributed by atoms with Crippen LogP contribution < -0.4 is 5.32 Å². The van der Waals surface area contributed by atoms with Crippen molar-refractivity contribution in [2.24, 2.45) is 5.92 Å². The summed E-state index contributed by atoms with van der Waals surface area (Å²) in [6.45, 7) is 11.7. The van der Waals surface area contributed by atoms with Crippen LogP contribution in [0.3, 0.4) is 0 Å². The van der Waals surface area contributed by atoms with Gasteiger partial charge in [0, 0.05) is 43.7 Å². The summed E-state index contributed by atoms with van der Waals surface area (Å²) in [4.78, 5) is 42.6. The quantitative estimate of drug-likeness (QED) is 0.441. The van der Waals surface area contributed by atoms with Gasteiger partial charge in [0.25, 0.3) is 5.91 Å². The van der Waals surface area contributed by atoms with Crippen molar-refractivity contribution in [2.45, 2.75) is 70.9 Å². The van der Waals surface area contributed by atoms with Crippen molar-refractivity contribution in [3.63, 3.8) is 0 Å². The maximum absolute atomic E-state index is 13.2. The van der Waals surface area contributed by atoms with Crippen LogP contribution >= 0.6 is 0 Å². The number of carbonyl (C=O) groups is 3. The number of nitrogens with zero attached hydrogens (tertiary/aromatic N) is 2. The fourth-order valence-electron chi connectivity index (χ4n) is 5.64. The Morgan fingerprint density at radius 1 is 1.07 bits per heavy atom. The summed E-state index contributed by atoms with van der Waals surface area (Å²) in [6.07, 6.45) is 6.08. The number of likely N-dealkylation sites (tertiary alicyclic amines) is 1. The van der Waals surface area contributed by atoms with E-state index in [1.165, 1.54) is 5.56 Å². The largest absolute Gasteiger partial charge is 0.444 e. The highest BCUT2D eigenvalue weighted by Crippen LogP contribution is 2.28. The monoisotopic (exact) mass is 545 g/mol. The number of hydrogen-bond donors (Lipinski definition) is 1. The highest BCUT2D eigenvalue weighted by Gasteiger charge is 2.38. The lowest BCUT2D eigenvalue weighted by atomic mass is 9.99. The number of rotatable bonds is 9. The van der Waals surface area contributed by atoms with Gasteiger partial charge in [-0.2, -0.15) is 0 Å². The van der Waals surface area contributed by atoms with E-state index in [1.54, 1.807) is 4.90 Å². The minimum absolute atomic E-state index is 0.0274. The minimum Gasteiger partial charge on any atom is -0.444 e. The fourth-order valence-corrected chi connectivity index (χ4v) is 5.64. The first kappa shape index (κ1) is 29.4. The molecule has 40 heavy (non-hydrogen) atoms. The normalized spacial score (nSPS) is 19.1. The molecular formula is C33H43N3O4. The van der Waals surface area contributed by atoms with Crippen molar-refractivity contribution in [3.05, 3.63) is 83.4 Å². The van der Waals surface area contributed by atoms with Gasteiger partial charge in [-0.3, -0.25) is 9.59 Å². The molecule has 7 heteroatoms. The lowest BCUT2D eigenvalue weighted by molar-refractivity contribution is -0.132. The molecule has 1 saturated heterocycles. The van der Waals surface area contributed by atoms with E-state index in [1.807, 2.05) is 68.1 Å². The first-order chi connectivity index (χ1) is 19.1. The SMILES string of the molecule is C=CC[C@@H]1C[C@@H](CNC(=O)c2ccc3c(c2)CCN(C(=O)OC(C)(C)C)CC3)N(CCCc2ccccc2)C1=O. The molecule has 2 atom stereocenters. The summed E-state index contributed by atoms with van der Waals surface area (Å²) >= 11 is 0. The molecule has 0 unspecified atom stereocenters. The van der Waals surface area contributed by atoms with E-state index in [0.717, 1.165) is 36.8 Å². The maximum atomic E-state index is 13.2. The van der Waals surface area contributed by atoms with E-state index in [4.69, 9.17) is 4.74 Å². The van der Waals surface area contributed by atoms with Crippen molar-refractivity contribution >= 4 is 17.9 Å². The van der Waals surface area contributed by atoms with Crippen LogP contribution in [0.4, 0.5) is 4.79 Å². The summed E-state index contributed by atoms with van der Waals surface area (Å²) < 4.78 is 5.55. The van der Waals surface area contributed by atoms with E-state index < -0.39 is 5.60 Å². The zero-order valence-corrected chi connectivity index (χ0v) is 24.2. The summed E-state index contributed by atoms with van der Waals surface area (Å²) in [7, 11) is 0. The van der Waals surface area contributed by atoms with Crippen LogP contribution in [0.15, 0.2) is 61.2 Å². The van der Waals surface area contributed by atoms with Gasteiger partial charge in [-0.25, -0.2) is 4.79 Å². The molecule has 2 aliphatic rings. The van der Waals surface area contributed by atoms with E-state index in [9.17, 15) is 14.4 Å². The third kappa shape index (κ3) is 7.74. The predicted molar refractivity (Wildman–Crippen MR) is 157 cm³/mol. The second-order valence-electron chi connectivity index (χ2n) is 11.9. The van der Waals surface area contributed by atoms with Gasteiger partial charge in [-0.1, -0.05) is 42.5 Å². The Hall–Kier alpha value is -3.61. The molecule has 0 saturated carbocycles. The van der Waals surface area contributed by atoms with Crippen LogP contribution in [0.25, 0.3) is 0 Å². The van der Waals surface area contributed by atoms with E-state index in [-0.39, 0.29) is 29.9 Å². The highest BCUT2D eigenvalue weighted by atomic mass is 16.6. The topological polar surface area (TPSA) is 79.0 Å². The summed E-state index contributed by atoms with van der Waals surface area (Å²) in [5.74, 6) is -0.0526. The second kappa shape index (κ2) is 13.2. The molecule has 2 aromatic rings. The Labute approximate surface area is 238 Å². The molecule has 2 aliphatic heterocycles. The average molecular weight is 546 g/mol. The molecule has 0 bridgehead atoms. The molecule has 7 nitrogen and oxygen atoms in total. The first-order valence-electron chi connectivity index (χ1n) is 14.5. The van der Waals surface area contributed by atoms with Gasteiger partial charge < -0.3 is 19.9 Å². The van der Waals surface area contributed by atoms with Crippen LogP contribution in [-0.4, -0.2) is 65.5 Å². The molecule has 214 valence electrons. The lowest BCUT2D eigenvalue weighted by Gasteiger charge is -2.26. The van der Waals surface area contributed by atoms with Crippen molar-refractivity contribution in [3.8, 4) is 0 Å². The van der Waals surface area contributed by atoms with Gasteiger partial charge >= 0.3 is 6.09 Å². The Kier molecular flexibility index (Phi) is 9.67. The Morgan fingerprint density at radius 3 is 2.50 bits per heavy atom. The van der Waals surface area contributed by atoms with E-state index in [2.05, 4.69) is 24.0 Å². The van der Waals surface area contributed by atoms with Gasteiger partial charge in [-0.15, -0.1) is 6.58 Å². The first-order valence-corrected chi connectivity index (χ1v) is 14.5. The van der Waals surface area contributed by atoms with Gasteiger partial charge in [0.05, 0.1) is 0 Å². The number of allylic oxidation sites excluding steroid dienone is 1. The van der Waals surface area contributed by atoms with Crippen molar-refractivity contribution in [1.29, 1.82) is 0 Å². The number of aryl methyl sites for hydroxylation is 1. The van der Waals surface area contributed by atoms with E-state index in [0.29, 0.717) is 44.6 Å². The molecule has 2 aromatic carbocycles. The number of nitrogens with one attached hydrogen (secondary N) is 1. The lowest BCUT2D eigenvalue weighted by Crippen LogP contribution is -2.42. The number of amides is 3. The number of ether oxygens (including phenoxy) is 1. The smallest absolute Gasteiger partial charge is 0.410 e. The minimum atomic E-state index is -0.533. The zero-order chi connectivity index (χ0) is 28.7. The Balaban J connectivity index is 1.35. The number of benzene rings is 2. The average Bonchev–Trinajstić information content (AvgIpc) is 3.07. The zero-order valence-electron chi connectivity index (χ0n) is 24.2. The second-order valence-corrected chi connectivity index (χ2v) is 11.9. The molecule has 0 aliphatic carbocycles. The molecule has 0 aromatic heterocycles. The summed E-state index contributed by atoms with van der Waals surface area (Å²) in [6, 6.07) is 16.1. The maximum Gasteiger partial charge on any atom is 0.410 e. The highest BCUT2D eigenvalue weighted by molar-refractivity contribution is 5.94. The van der Waals surface area contributed by atoms with Crippen LogP contribution in [0.2, 0.25) is 0 Å². The molecule has 4 rings (SSSR count). The number of fused-ring (bicyclic) bond motifs is 1. The molecule has 2 heterocycles. The van der Waals surface area contributed by atoms with Crippen molar-refractivity contribution in [1.82, 2.24) is 15.1 Å². The third-order valence-electron chi connectivity index (χ3n) is 7.71. The van der Waals surface area contributed by atoms with Crippen LogP contribution in [0, 0.1) is 5.92 Å². The predicted octanol–water partition coefficient (Wildman–Crippen LogP) is 5.18. The molecule has 1 fully saturated rings. The molecule has 3 amide bonds. The summed E-state index contributed by atoms with van der Waals surface area (Å²) in [5.41, 5.74) is 3.57. The van der Waals surface area contributed by atoms with Crippen LogP contribution in [0.1, 0.15) is 67.1 Å². The molecule has 0 spiro atoms. The molecular weight excluding hydrogens is 502 g/mol. The van der Waals surface area contributed by atoms with Crippen molar-refractivity contribution in [2.75, 3.05) is 26.2 Å². The summed E-state index contributed by atoms with van der Waals surface area (Å²) in [5, 5.41) is 3.09. The third-order valence-corrected chi connectivity index (χ3v) is 7.71.